The minimum atomic E-state index is -0.760. The molecule has 1 aromatic rings. The third kappa shape index (κ3) is 4.67. The molecule has 0 N–H and O–H groups in total. The van der Waals surface area contributed by atoms with Crippen LogP contribution in [0.1, 0.15) is 45.3 Å². The van der Waals surface area contributed by atoms with E-state index < -0.39 is 18.2 Å². The van der Waals surface area contributed by atoms with E-state index in [0.717, 1.165) is 5.56 Å². The summed E-state index contributed by atoms with van der Waals surface area (Å²) < 4.78 is 10.8. The van der Waals surface area contributed by atoms with Crippen LogP contribution in [0, 0.1) is 5.92 Å². The first-order chi connectivity index (χ1) is 10.0. The molecular weight excluding hydrogens is 268 g/mol. The molecule has 0 heterocycles. The first-order valence-electron chi connectivity index (χ1n) is 7.36. The molecule has 0 aliphatic carbocycles. The summed E-state index contributed by atoms with van der Waals surface area (Å²) in [4.78, 5) is 24.1. The van der Waals surface area contributed by atoms with E-state index in [0.29, 0.717) is 12.8 Å². The van der Waals surface area contributed by atoms with E-state index in [1.807, 2.05) is 44.2 Å². The number of rotatable bonds is 8. The van der Waals surface area contributed by atoms with Crippen molar-refractivity contribution in [1.29, 1.82) is 0 Å². The van der Waals surface area contributed by atoms with Crippen molar-refractivity contribution in [2.24, 2.45) is 5.92 Å². The highest BCUT2D eigenvalue weighted by molar-refractivity contribution is 5.82. The molecule has 0 aliphatic heterocycles. The maximum absolute atomic E-state index is 12.3. The minimum absolute atomic E-state index is 0.100. The summed E-state index contributed by atoms with van der Waals surface area (Å²) in [5, 5.41) is 0. The Morgan fingerprint density at radius 1 is 1.14 bits per heavy atom. The van der Waals surface area contributed by atoms with E-state index in [1.165, 1.54) is 7.11 Å². The van der Waals surface area contributed by atoms with Gasteiger partial charge in [-0.3, -0.25) is 4.79 Å². The zero-order chi connectivity index (χ0) is 15.8. The Morgan fingerprint density at radius 3 is 2.24 bits per heavy atom. The molecule has 1 aromatic carbocycles. The number of carbonyl (C=O) groups excluding carboxylic acids is 2. The summed E-state index contributed by atoms with van der Waals surface area (Å²) in [6, 6.07) is 9.19. The summed E-state index contributed by atoms with van der Waals surface area (Å²) in [5.41, 5.74) is 0.745. The molecule has 0 saturated heterocycles. The number of methoxy groups -OCH3 is 1. The second kappa shape index (κ2) is 8.57. The van der Waals surface area contributed by atoms with Crippen LogP contribution in [0.5, 0.6) is 0 Å². The molecule has 0 unspecified atom stereocenters. The predicted octanol–water partition coefficient (Wildman–Crippen LogP) is 3.31. The van der Waals surface area contributed by atoms with E-state index in [-0.39, 0.29) is 11.7 Å². The molecule has 4 nitrogen and oxygen atoms in total. The van der Waals surface area contributed by atoms with Gasteiger partial charge in [-0.15, -0.1) is 0 Å². The fraction of sp³-hybridized carbons (Fsp3) is 0.529. The normalized spacial score (nSPS) is 15.0. The lowest BCUT2D eigenvalue weighted by Crippen LogP contribution is -2.32. The van der Waals surface area contributed by atoms with Gasteiger partial charge in [0.15, 0.2) is 6.10 Å². The van der Waals surface area contributed by atoms with Crippen LogP contribution in [0.4, 0.5) is 0 Å². The molecule has 0 fully saturated rings. The minimum Gasteiger partial charge on any atom is -0.459 e. The molecule has 1 rings (SSSR count). The number of hydrogen-bond donors (Lipinski definition) is 0. The van der Waals surface area contributed by atoms with E-state index in [9.17, 15) is 9.59 Å². The number of benzene rings is 1. The van der Waals surface area contributed by atoms with Gasteiger partial charge in [-0.1, -0.05) is 51.1 Å². The van der Waals surface area contributed by atoms with Crippen molar-refractivity contribution >= 4 is 11.8 Å². The Bertz CT molecular complexity index is 455. The van der Waals surface area contributed by atoms with Crippen LogP contribution in [-0.4, -0.2) is 25.0 Å². The van der Waals surface area contributed by atoms with Crippen molar-refractivity contribution in [1.82, 2.24) is 0 Å². The lowest BCUT2D eigenvalue weighted by molar-refractivity contribution is -0.165. The molecule has 21 heavy (non-hydrogen) atoms. The highest BCUT2D eigenvalue weighted by Gasteiger charge is 2.29. The molecule has 0 aromatic heterocycles. The number of carbonyl (C=O) groups is 2. The molecular formula is C17H24O4. The molecule has 0 amide bonds. The maximum Gasteiger partial charge on any atom is 0.340 e. The van der Waals surface area contributed by atoms with Crippen molar-refractivity contribution in [2.75, 3.05) is 7.11 Å². The van der Waals surface area contributed by atoms with Gasteiger partial charge in [0.25, 0.3) is 0 Å². The zero-order valence-corrected chi connectivity index (χ0v) is 13.2. The van der Waals surface area contributed by atoms with Gasteiger partial charge in [0.1, 0.15) is 11.9 Å². The Hall–Kier alpha value is -1.68. The molecule has 4 heteroatoms. The van der Waals surface area contributed by atoms with Crippen LogP contribution in [0.3, 0.4) is 0 Å². The molecule has 0 bridgehead atoms. The Kier molecular flexibility index (Phi) is 7.09. The third-order valence-corrected chi connectivity index (χ3v) is 3.64. The van der Waals surface area contributed by atoms with Gasteiger partial charge < -0.3 is 9.47 Å². The van der Waals surface area contributed by atoms with Crippen molar-refractivity contribution in [3.8, 4) is 0 Å². The van der Waals surface area contributed by atoms with Gasteiger partial charge in [-0.2, -0.15) is 0 Å². The van der Waals surface area contributed by atoms with E-state index in [4.69, 9.17) is 9.47 Å². The van der Waals surface area contributed by atoms with Crippen LogP contribution in [-0.2, 0) is 19.1 Å². The summed E-state index contributed by atoms with van der Waals surface area (Å²) in [5.74, 6) is -0.646. The summed E-state index contributed by atoms with van der Waals surface area (Å²) in [6.07, 6.45) is -0.124. The molecule has 116 valence electrons. The van der Waals surface area contributed by atoms with Crippen LogP contribution < -0.4 is 0 Å². The number of ether oxygens (including phenoxy) is 2. The second-order valence-corrected chi connectivity index (χ2v) is 5.02. The van der Waals surface area contributed by atoms with Gasteiger partial charge in [0.05, 0.1) is 5.92 Å². The second-order valence-electron chi connectivity index (χ2n) is 5.02. The van der Waals surface area contributed by atoms with Crippen LogP contribution in [0.25, 0.3) is 0 Å². The SMILES string of the molecule is CCC(=O)[C@@H](C)[C@H](CC)OC(=O)[C@H](OC)c1ccccc1. The highest BCUT2D eigenvalue weighted by Crippen LogP contribution is 2.22. The molecule has 0 radical (unpaired) electrons. The monoisotopic (exact) mass is 292 g/mol. The third-order valence-electron chi connectivity index (χ3n) is 3.64. The van der Waals surface area contributed by atoms with E-state index >= 15 is 0 Å². The average Bonchev–Trinajstić information content (AvgIpc) is 2.52. The van der Waals surface area contributed by atoms with E-state index in [1.54, 1.807) is 6.92 Å². The largest absolute Gasteiger partial charge is 0.459 e. The smallest absolute Gasteiger partial charge is 0.340 e. The van der Waals surface area contributed by atoms with Crippen molar-refractivity contribution in [3.05, 3.63) is 35.9 Å². The number of esters is 1. The predicted molar refractivity (Wildman–Crippen MR) is 80.8 cm³/mol. The zero-order valence-electron chi connectivity index (χ0n) is 13.2. The van der Waals surface area contributed by atoms with Gasteiger partial charge in [0.2, 0.25) is 0 Å². The summed E-state index contributed by atoms with van der Waals surface area (Å²) in [7, 11) is 1.47. The first kappa shape index (κ1) is 17.4. The fourth-order valence-electron chi connectivity index (χ4n) is 2.28. The number of ketones is 1. The van der Waals surface area contributed by atoms with E-state index in [2.05, 4.69) is 0 Å². The van der Waals surface area contributed by atoms with Crippen LogP contribution in [0.15, 0.2) is 30.3 Å². The topological polar surface area (TPSA) is 52.6 Å². The Balaban J connectivity index is 2.79. The lowest BCUT2D eigenvalue weighted by atomic mass is 9.96. The summed E-state index contributed by atoms with van der Waals surface area (Å²) in [6.45, 7) is 5.52. The summed E-state index contributed by atoms with van der Waals surface area (Å²) >= 11 is 0. The Morgan fingerprint density at radius 2 is 1.76 bits per heavy atom. The van der Waals surface area contributed by atoms with Crippen molar-refractivity contribution in [2.45, 2.75) is 45.8 Å². The number of hydrogen-bond acceptors (Lipinski definition) is 4. The first-order valence-corrected chi connectivity index (χ1v) is 7.36. The van der Waals surface area contributed by atoms with Crippen molar-refractivity contribution < 1.29 is 19.1 Å². The lowest BCUT2D eigenvalue weighted by Gasteiger charge is -2.24. The highest BCUT2D eigenvalue weighted by atomic mass is 16.6. The standard InChI is InChI=1S/C17H24O4/c1-5-14(18)12(3)15(6-2)21-17(19)16(20-4)13-10-8-7-9-11-13/h7-12,15-16H,5-6H2,1-4H3/t12-,15+,16-/m1/s1. The van der Waals surface area contributed by atoms with Crippen molar-refractivity contribution in [3.63, 3.8) is 0 Å². The number of Topliss-reactive ketones (excluding diaryl/α,β-unsaturated/α-hetero) is 1. The molecule has 0 spiro atoms. The van der Waals surface area contributed by atoms with Gasteiger partial charge in [-0.05, 0) is 12.0 Å². The van der Waals surface area contributed by atoms with Gasteiger partial charge in [-0.25, -0.2) is 4.79 Å². The Labute approximate surface area is 126 Å². The van der Waals surface area contributed by atoms with Gasteiger partial charge in [0, 0.05) is 13.5 Å². The quantitative estimate of drug-likeness (QED) is 0.690. The molecule has 3 atom stereocenters. The molecule has 0 aliphatic rings. The maximum atomic E-state index is 12.3. The van der Waals surface area contributed by atoms with Crippen LogP contribution >= 0.6 is 0 Å². The van der Waals surface area contributed by atoms with Crippen LogP contribution in [0.2, 0.25) is 0 Å². The average molecular weight is 292 g/mol. The molecule has 0 saturated carbocycles. The fourth-order valence-corrected chi connectivity index (χ4v) is 2.28. The van der Waals surface area contributed by atoms with Gasteiger partial charge >= 0.3 is 5.97 Å².